The standard InChI is InChI=1S/C28H29N3/c1-19-4-3-5-22(12-19)26-10-11-28-27(26)13-23(15-29-28)21-8-6-20(7-9-21)16-31-24-14-25(31)18-30(2)17-24/h3-10,12-13,15,24-25H,11,14,16-18H2,1-2H3. The first-order valence-corrected chi connectivity index (χ1v) is 11.4. The van der Waals surface area contributed by atoms with Crippen molar-refractivity contribution in [2.24, 2.45) is 0 Å². The zero-order valence-corrected chi connectivity index (χ0v) is 18.4. The summed E-state index contributed by atoms with van der Waals surface area (Å²) in [5.74, 6) is 0. The van der Waals surface area contributed by atoms with Gasteiger partial charge < -0.3 is 4.90 Å². The number of pyridine rings is 1. The highest BCUT2D eigenvalue weighted by atomic mass is 15.3. The Balaban J connectivity index is 1.22. The van der Waals surface area contributed by atoms with Gasteiger partial charge in [-0.25, -0.2) is 0 Å². The normalized spacial score (nSPS) is 22.7. The first kappa shape index (κ1) is 19.0. The van der Waals surface area contributed by atoms with Crippen molar-refractivity contribution in [3.05, 3.63) is 94.8 Å². The lowest BCUT2D eigenvalue weighted by atomic mass is 9.87. The van der Waals surface area contributed by atoms with Crippen LogP contribution in [-0.4, -0.2) is 47.0 Å². The fraction of sp³-hybridized carbons (Fsp3) is 0.321. The van der Waals surface area contributed by atoms with Gasteiger partial charge >= 0.3 is 0 Å². The van der Waals surface area contributed by atoms with Gasteiger partial charge in [-0.15, -0.1) is 0 Å². The number of piperidine rings is 1. The molecule has 3 aliphatic rings. The van der Waals surface area contributed by atoms with Crippen LogP contribution in [0.1, 0.15) is 34.4 Å². The summed E-state index contributed by atoms with van der Waals surface area (Å²) in [6, 6.07) is 21.7. The van der Waals surface area contributed by atoms with Crippen molar-refractivity contribution >= 4 is 5.57 Å². The molecule has 6 rings (SSSR count). The maximum Gasteiger partial charge on any atom is 0.0520 e. The molecule has 2 saturated heterocycles. The third-order valence-electron chi connectivity index (χ3n) is 7.27. The van der Waals surface area contributed by atoms with Gasteiger partial charge in [0.2, 0.25) is 0 Å². The molecule has 0 amide bonds. The average Bonchev–Trinajstić information content (AvgIpc) is 3.21. The van der Waals surface area contributed by atoms with Crippen LogP contribution >= 0.6 is 0 Å². The van der Waals surface area contributed by atoms with Crippen LogP contribution in [0.5, 0.6) is 0 Å². The first-order valence-electron chi connectivity index (χ1n) is 11.4. The molecule has 3 heteroatoms. The Morgan fingerprint density at radius 3 is 2.52 bits per heavy atom. The first-order chi connectivity index (χ1) is 15.1. The number of aryl methyl sites for hydroxylation is 1. The molecule has 0 N–H and O–H groups in total. The van der Waals surface area contributed by atoms with Gasteiger partial charge in [-0.05, 0) is 48.7 Å². The topological polar surface area (TPSA) is 19.4 Å². The van der Waals surface area contributed by atoms with Crippen LogP contribution in [0.15, 0.2) is 66.9 Å². The molecule has 1 aromatic heterocycles. The zero-order valence-electron chi connectivity index (χ0n) is 18.4. The van der Waals surface area contributed by atoms with Crippen molar-refractivity contribution in [3.63, 3.8) is 0 Å². The van der Waals surface area contributed by atoms with Crippen LogP contribution in [-0.2, 0) is 13.0 Å². The maximum absolute atomic E-state index is 4.81. The Kier molecular flexibility index (Phi) is 4.55. The molecule has 2 bridgehead atoms. The molecule has 3 nitrogen and oxygen atoms in total. The van der Waals surface area contributed by atoms with Gasteiger partial charge in [0.1, 0.15) is 0 Å². The van der Waals surface area contributed by atoms with Crippen molar-refractivity contribution in [2.45, 2.75) is 38.4 Å². The van der Waals surface area contributed by atoms with E-state index >= 15 is 0 Å². The third kappa shape index (κ3) is 3.42. The molecule has 2 atom stereocenters. The highest BCUT2D eigenvalue weighted by Crippen LogP contribution is 2.36. The molecule has 2 unspecified atom stereocenters. The molecule has 0 saturated carbocycles. The van der Waals surface area contributed by atoms with Crippen molar-refractivity contribution in [1.82, 2.24) is 14.8 Å². The Bertz CT molecular complexity index is 1150. The minimum atomic E-state index is 0.746. The zero-order chi connectivity index (χ0) is 20.9. The lowest BCUT2D eigenvalue weighted by Crippen LogP contribution is -2.67. The Morgan fingerprint density at radius 1 is 0.935 bits per heavy atom. The lowest BCUT2D eigenvalue weighted by Gasteiger charge is -2.56. The van der Waals surface area contributed by atoms with Gasteiger partial charge in [0.15, 0.2) is 0 Å². The molecule has 31 heavy (non-hydrogen) atoms. The SMILES string of the molecule is Cc1cccc(C2=CCc3ncc(-c4ccc(CN5C6CC5CN(C)C6)cc4)cc32)c1. The quantitative estimate of drug-likeness (QED) is 0.611. The smallest absolute Gasteiger partial charge is 0.0520 e. The molecule has 2 aromatic carbocycles. The summed E-state index contributed by atoms with van der Waals surface area (Å²) >= 11 is 0. The number of benzene rings is 2. The lowest BCUT2D eigenvalue weighted by molar-refractivity contribution is -0.0668. The number of likely N-dealkylation sites (N-methyl/N-ethyl adjacent to an activating group) is 1. The van der Waals surface area contributed by atoms with Crippen LogP contribution in [0.3, 0.4) is 0 Å². The van der Waals surface area contributed by atoms with Gasteiger partial charge in [0.25, 0.3) is 0 Å². The Hall–Kier alpha value is -2.75. The van der Waals surface area contributed by atoms with Gasteiger partial charge in [-0.1, -0.05) is 60.2 Å². The van der Waals surface area contributed by atoms with Crippen molar-refractivity contribution in [3.8, 4) is 11.1 Å². The van der Waals surface area contributed by atoms with Crippen molar-refractivity contribution in [2.75, 3.05) is 20.1 Å². The highest BCUT2D eigenvalue weighted by Gasteiger charge is 2.43. The van der Waals surface area contributed by atoms with Crippen molar-refractivity contribution < 1.29 is 0 Å². The number of fused-ring (bicyclic) bond motifs is 3. The molecule has 2 fully saturated rings. The van der Waals surface area contributed by atoms with Crippen molar-refractivity contribution in [1.29, 1.82) is 0 Å². The summed E-state index contributed by atoms with van der Waals surface area (Å²) in [5.41, 5.74) is 10.2. The summed E-state index contributed by atoms with van der Waals surface area (Å²) in [6.45, 7) is 5.66. The fourth-order valence-electron chi connectivity index (χ4n) is 5.61. The minimum Gasteiger partial charge on any atom is -0.303 e. The molecule has 156 valence electrons. The monoisotopic (exact) mass is 407 g/mol. The molecule has 3 heterocycles. The van der Waals surface area contributed by atoms with Crippen LogP contribution < -0.4 is 0 Å². The van der Waals surface area contributed by atoms with E-state index in [0.717, 1.165) is 25.0 Å². The second kappa shape index (κ2) is 7.44. The molecule has 2 aliphatic heterocycles. The Labute approximate surface area is 185 Å². The van der Waals surface area contributed by atoms with E-state index in [1.165, 1.54) is 64.2 Å². The molecule has 0 radical (unpaired) electrons. The van der Waals surface area contributed by atoms with Gasteiger partial charge in [-0.3, -0.25) is 9.88 Å². The van der Waals surface area contributed by atoms with E-state index in [9.17, 15) is 0 Å². The second-order valence-electron chi connectivity index (χ2n) is 9.54. The number of hydrogen-bond acceptors (Lipinski definition) is 3. The number of hydrogen-bond donors (Lipinski definition) is 0. The number of nitrogens with zero attached hydrogens (tertiary/aromatic N) is 3. The maximum atomic E-state index is 4.81. The van der Waals surface area contributed by atoms with E-state index in [-0.39, 0.29) is 0 Å². The van der Waals surface area contributed by atoms with Crippen LogP contribution in [0, 0.1) is 6.92 Å². The summed E-state index contributed by atoms with van der Waals surface area (Å²) in [5, 5.41) is 0. The number of likely N-dealkylation sites (tertiary alicyclic amines) is 2. The number of piperazine rings is 1. The molecule has 3 aromatic rings. The summed E-state index contributed by atoms with van der Waals surface area (Å²) in [4.78, 5) is 9.96. The van der Waals surface area contributed by atoms with E-state index in [1.54, 1.807) is 0 Å². The molecule has 0 spiro atoms. The van der Waals surface area contributed by atoms with Gasteiger partial charge in [-0.2, -0.15) is 0 Å². The Morgan fingerprint density at radius 2 is 1.74 bits per heavy atom. The van der Waals surface area contributed by atoms with Crippen LogP contribution in [0.25, 0.3) is 16.7 Å². The summed E-state index contributed by atoms with van der Waals surface area (Å²) in [6.07, 6.45) is 6.66. The van der Waals surface area contributed by atoms with Gasteiger partial charge in [0, 0.05) is 55.5 Å². The van der Waals surface area contributed by atoms with E-state index < -0.39 is 0 Å². The second-order valence-corrected chi connectivity index (χ2v) is 9.54. The fourth-order valence-corrected chi connectivity index (χ4v) is 5.61. The predicted molar refractivity (Wildman–Crippen MR) is 127 cm³/mol. The predicted octanol–water partition coefficient (Wildman–Crippen LogP) is 4.93. The number of allylic oxidation sites excluding steroid dienone is 1. The van der Waals surface area contributed by atoms with Crippen LogP contribution in [0.4, 0.5) is 0 Å². The largest absolute Gasteiger partial charge is 0.303 e. The van der Waals surface area contributed by atoms with E-state index in [1.807, 2.05) is 6.20 Å². The van der Waals surface area contributed by atoms with Crippen LogP contribution in [0.2, 0.25) is 0 Å². The van der Waals surface area contributed by atoms with E-state index in [0.29, 0.717) is 0 Å². The molecular formula is C28H29N3. The van der Waals surface area contributed by atoms with E-state index in [4.69, 9.17) is 4.98 Å². The summed E-state index contributed by atoms with van der Waals surface area (Å²) in [7, 11) is 2.25. The third-order valence-corrected chi connectivity index (χ3v) is 7.27. The highest BCUT2D eigenvalue weighted by molar-refractivity contribution is 5.86. The summed E-state index contributed by atoms with van der Waals surface area (Å²) < 4.78 is 0. The number of rotatable bonds is 4. The average molecular weight is 408 g/mol. The molecule has 1 aliphatic carbocycles. The van der Waals surface area contributed by atoms with Gasteiger partial charge in [0.05, 0.1) is 5.69 Å². The minimum absolute atomic E-state index is 0.746. The molecular weight excluding hydrogens is 378 g/mol. The van der Waals surface area contributed by atoms with E-state index in [2.05, 4.69) is 84.4 Å². The number of aromatic nitrogens is 1.